The van der Waals surface area contributed by atoms with E-state index in [2.05, 4.69) is 0 Å². The minimum Gasteiger partial charge on any atom is -0.503 e. The zero-order chi connectivity index (χ0) is 26.5. The predicted molar refractivity (Wildman–Crippen MR) is 133 cm³/mol. The number of carbonyl (C=O) groups is 2. The third-order valence-electron chi connectivity index (χ3n) is 6.30. The average Bonchev–Trinajstić information content (AvgIpc) is 3.42. The van der Waals surface area contributed by atoms with Crippen LogP contribution in [-0.4, -0.2) is 30.9 Å². The molecule has 188 valence electrons. The van der Waals surface area contributed by atoms with Crippen LogP contribution in [0.3, 0.4) is 0 Å². The number of aliphatic hydroxyl groups excluding tert-OH is 1. The third-order valence-corrected chi connectivity index (χ3v) is 6.30. The zero-order valence-electron chi connectivity index (χ0n) is 19.8. The number of anilines is 2. The summed E-state index contributed by atoms with van der Waals surface area (Å²) in [5, 5.41) is 11.6. The second kappa shape index (κ2) is 8.85. The fourth-order valence-corrected chi connectivity index (χ4v) is 4.41. The number of rotatable bonds is 5. The van der Waals surface area contributed by atoms with Gasteiger partial charge in [-0.2, -0.15) is 13.2 Å². The van der Waals surface area contributed by atoms with E-state index in [1.807, 2.05) is 19.0 Å². The van der Waals surface area contributed by atoms with E-state index in [4.69, 9.17) is 4.42 Å². The molecule has 0 aliphatic carbocycles. The molecule has 3 aromatic carbocycles. The number of furan rings is 1. The van der Waals surface area contributed by atoms with Gasteiger partial charge in [-0.1, -0.05) is 30.3 Å². The van der Waals surface area contributed by atoms with Gasteiger partial charge in [-0.25, -0.2) is 0 Å². The van der Waals surface area contributed by atoms with Crippen molar-refractivity contribution in [3.05, 3.63) is 107 Å². The van der Waals surface area contributed by atoms with E-state index < -0.39 is 35.2 Å². The standard InChI is InChI=1S/C28H21F3N2O4/c1-32(2)19-11-7-16(8-12-19)24-23(25(34)22-15-17-5-3-4-6-21(17)37-22)26(35)27(36)33(24)20-13-9-18(10-14-20)28(29,30)31/h3-15,24,35H,1-2H3. The number of hydrogen-bond acceptors (Lipinski definition) is 5. The van der Waals surface area contributed by atoms with Crippen LogP contribution in [0.2, 0.25) is 0 Å². The summed E-state index contributed by atoms with van der Waals surface area (Å²) in [6, 6.07) is 18.4. The van der Waals surface area contributed by atoms with Crippen LogP contribution in [0, 0.1) is 0 Å². The topological polar surface area (TPSA) is 74.0 Å². The number of hydrogen-bond donors (Lipinski definition) is 1. The van der Waals surface area contributed by atoms with Crippen LogP contribution < -0.4 is 9.80 Å². The van der Waals surface area contributed by atoms with E-state index in [0.29, 0.717) is 16.5 Å². The third kappa shape index (κ3) is 4.22. The van der Waals surface area contributed by atoms with Crippen LogP contribution in [-0.2, 0) is 11.0 Å². The number of aliphatic hydroxyl groups is 1. The van der Waals surface area contributed by atoms with E-state index >= 15 is 0 Å². The molecule has 2 heterocycles. The molecule has 1 N–H and O–H groups in total. The van der Waals surface area contributed by atoms with Crippen molar-refractivity contribution in [2.75, 3.05) is 23.9 Å². The van der Waals surface area contributed by atoms with Gasteiger partial charge in [0.05, 0.1) is 17.2 Å². The molecule has 1 unspecified atom stereocenters. The number of benzene rings is 3. The Morgan fingerprint density at radius 1 is 0.973 bits per heavy atom. The number of halogens is 3. The lowest BCUT2D eigenvalue weighted by Gasteiger charge is -2.27. The van der Waals surface area contributed by atoms with Crippen LogP contribution in [0.5, 0.6) is 0 Å². The number of ketones is 1. The van der Waals surface area contributed by atoms with Crippen molar-refractivity contribution in [2.24, 2.45) is 0 Å². The molecule has 0 saturated heterocycles. The van der Waals surface area contributed by atoms with Gasteiger partial charge in [-0.3, -0.25) is 14.5 Å². The van der Waals surface area contributed by atoms with Crippen LogP contribution in [0.1, 0.15) is 27.7 Å². The molecule has 0 spiro atoms. The monoisotopic (exact) mass is 506 g/mol. The summed E-state index contributed by atoms with van der Waals surface area (Å²) in [7, 11) is 3.70. The largest absolute Gasteiger partial charge is 0.503 e. The number of fused-ring (bicyclic) bond motifs is 1. The smallest absolute Gasteiger partial charge is 0.416 e. The Labute approximate surface area is 209 Å². The highest BCUT2D eigenvalue weighted by molar-refractivity contribution is 6.20. The van der Waals surface area contributed by atoms with Crippen molar-refractivity contribution in [3.63, 3.8) is 0 Å². The van der Waals surface area contributed by atoms with Crippen LogP contribution in [0.25, 0.3) is 11.0 Å². The number of amides is 1. The summed E-state index contributed by atoms with van der Waals surface area (Å²) in [4.78, 5) is 29.9. The quantitative estimate of drug-likeness (QED) is 0.322. The molecule has 0 bridgehead atoms. The predicted octanol–water partition coefficient (Wildman–Crippen LogP) is 6.30. The van der Waals surface area contributed by atoms with Gasteiger partial charge in [0.15, 0.2) is 11.5 Å². The van der Waals surface area contributed by atoms with Crippen molar-refractivity contribution in [1.82, 2.24) is 0 Å². The van der Waals surface area contributed by atoms with Gasteiger partial charge >= 0.3 is 6.18 Å². The Kier molecular flexibility index (Phi) is 5.78. The van der Waals surface area contributed by atoms with E-state index in [0.717, 1.165) is 34.9 Å². The van der Waals surface area contributed by atoms with Gasteiger partial charge < -0.3 is 14.4 Å². The molecule has 6 nitrogen and oxygen atoms in total. The van der Waals surface area contributed by atoms with Crippen LogP contribution in [0.15, 0.2) is 94.6 Å². The highest BCUT2D eigenvalue weighted by atomic mass is 19.4. The molecule has 0 radical (unpaired) electrons. The number of carbonyl (C=O) groups excluding carboxylic acids is 2. The molecule has 1 aliphatic rings. The number of Topliss-reactive ketones (excluding diaryl/α,β-unsaturated/α-hetero) is 1. The summed E-state index contributed by atoms with van der Waals surface area (Å²) >= 11 is 0. The molecule has 0 saturated carbocycles. The van der Waals surface area contributed by atoms with E-state index in [1.54, 1.807) is 48.5 Å². The number of nitrogens with zero attached hydrogens (tertiary/aromatic N) is 2. The van der Waals surface area contributed by atoms with E-state index in [9.17, 15) is 27.9 Å². The van der Waals surface area contributed by atoms with Gasteiger partial charge in [0.2, 0.25) is 5.78 Å². The normalized spacial score (nSPS) is 16.1. The van der Waals surface area contributed by atoms with Gasteiger partial charge in [-0.05, 0) is 54.1 Å². The lowest BCUT2D eigenvalue weighted by Crippen LogP contribution is -2.31. The Morgan fingerprint density at radius 3 is 2.22 bits per heavy atom. The second-order valence-electron chi connectivity index (χ2n) is 8.85. The molecule has 37 heavy (non-hydrogen) atoms. The van der Waals surface area contributed by atoms with Crippen molar-refractivity contribution < 1.29 is 32.3 Å². The molecule has 1 amide bonds. The fraction of sp³-hybridized carbons (Fsp3) is 0.143. The summed E-state index contributed by atoms with van der Waals surface area (Å²) in [6.07, 6.45) is -4.56. The van der Waals surface area contributed by atoms with E-state index in [-0.39, 0.29) is 17.0 Å². The van der Waals surface area contributed by atoms with Gasteiger partial charge in [0, 0.05) is 30.9 Å². The van der Waals surface area contributed by atoms with Gasteiger partial charge in [-0.15, -0.1) is 0 Å². The minimum atomic E-state index is -4.56. The molecule has 1 aromatic heterocycles. The summed E-state index contributed by atoms with van der Waals surface area (Å²) in [5.74, 6) is -2.45. The summed E-state index contributed by atoms with van der Waals surface area (Å²) in [6.45, 7) is 0. The molecule has 5 rings (SSSR count). The molecule has 1 aliphatic heterocycles. The summed E-state index contributed by atoms with van der Waals surface area (Å²) < 4.78 is 45.1. The van der Waals surface area contributed by atoms with Crippen molar-refractivity contribution in [3.8, 4) is 0 Å². The van der Waals surface area contributed by atoms with Crippen molar-refractivity contribution in [1.29, 1.82) is 0 Å². The fourth-order valence-electron chi connectivity index (χ4n) is 4.41. The first-order valence-corrected chi connectivity index (χ1v) is 11.3. The Bertz CT molecular complexity index is 1500. The molecular weight excluding hydrogens is 485 g/mol. The van der Waals surface area contributed by atoms with Gasteiger partial charge in [0.1, 0.15) is 5.58 Å². The van der Waals surface area contributed by atoms with Crippen molar-refractivity contribution >= 4 is 34.0 Å². The number of para-hydroxylation sites is 1. The second-order valence-corrected chi connectivity index (χ2v) is 8.85. The Morgan fingerprint density at radius 2 is 1.62 bits per heavy atom. The molecule has 1 atom stereocenters. The molecule has 0 fully saturated rings. The van der Waals surface area contributed by atoms with Gasteiger partial charge in [0.25, 0.3) is 5.91 Å². The first-order chi connectivity index (χ1) is 17.6. The highest BCUT2D eigenvalue weighted by Crippen LogP contribution is 2.43. The van der Waals surface area contributed by atoms with Crippen LogP contribution in [0.4, 0.5) is 24.5 Å². The Balaban J connectivity index is 1.63. The molecular formula is C28H21F3N2O4. The summed E-state index contributed by atoms with van der Waals surface area (Å²) in [5.41, 5.74) is 0.794. The first-order valence-electron chi connectivity index (χ1n) is 11.3. The Hall–Kier alpha value is -4.53. The van der Waals surface area contributed by atoms with Crippen molar-refractivity contribution in [2.45, 2.75) is 12.2 Å². The minimum absolute atomic E-state index is 0.0697. The first kappa shape index (κ1) is 24.2. The van der Waals surface area contributed by atoms with E-state index in [1.165, 1.54) is 6.07 Å². The lowest BCUT2D eigenvalue weighted by atomic mass is 9.94. The SMILES string of the molecule is CN(C)c1ccc(C2C(C(=O)c3cc4ccccc4o3)=C(O)C(=O)N2c2ccc(C(F)(F)F)cc2)cc1. The average molecular weight is 506 g/mol. The lowest BCUT2D eigenvalue weighted by molar-refractivity contribution is -0.137. The molecule has 4 aromatic rings. The number of alkyl halides is 3. The zero-order valence-corrected chi connectivity index (χ0v) is 19.8. The maximum atomic E-state index is 13.6. The maximum Gasteiger partial charge on any atom is 0.416 e. The highest BCUT2D eigenvalue weighted by Gasteiger charge is 2.45. The van der Waals surface area contributed by atoms with Crippen LogP contribution >= 0.6 is 0 Å². The molecule has 9 heteroatoms. The maximum absolute atomic E-state index is 13.6.